The molecule has 0 aliphatic carbocycles. The lowest BCUT2D eigenvalue weighted by atomic mass is 9.93. The molecule has 0 aromatic carbocycles. The Morgan fingerprint density at radius 2 is 2.31 bits per heavy atom. The van der Waals surface area contributed by atoms with E-state index < -0.39 is 0 Å². The maximum absolute atomic E-state index is 5.90. The van der Waals surface area contributed by atoms with E-state index >= 15 is 0 Å². The molecule has 90 valence electrons. The fraction of sp³-hybridized carbons (Fsp3) is 0.727. The highest BCUT2D eigenvalue weighted by Gasteiger charge is 2.37. The molecule has 1 aromatic heterocycles. The van der Waals surface area contributed by atoms with Crippen molar-refractivity contribution in [1.82, 2.24) is 9.97 Å². The molecule has 0 atom stereocenters. The molecule has 5 heteroatoms. The molecule has 1 aromatic rings. The van der Waals surface area contributed by atoms with Crippen LogP contribution in [0, 0.1) is 0 Å². The van der Waals surface area contributed by atoms with Crippen molar-refractivity contribution >= 4 is 11.6 Å². The van der Waals surface area contributed by atoms with E-state index in [2.05, 4.69) is 9.97 Å². The third kappa shape index (κ3) is 2.24. The second-order valence-electron chi connectivity index (χ2n) is 3.93. The van der Waals surface area contributed by atoms with Crippen molar-refractivity contribution in [3.63, 3.8) is 0 Å². The number of aromatic amines is 1. The van der Waals surface area contributed by atoms with Gasteiger partial charge in [0.15, 0.2) is 0 Å². The fourth-order valence-corrected chi connectivity index (χ4v) is 2.22. The molecule has 2 rings (SSSR count). The van der Waals surface area contributed by atoms with Gasteiger partial charge in [-0.05, 0) is 6.92 Å². The van der Waals surface area contributed by atoms with Crippen LogP contribution in [-0.4, -0.2) is 29.8 Å². The molecule has 0 bridgehead atoms. The molecule has 1 fully saturated rings. The maximum Gasteiger partial charge on any atom is 0.138 e. The Morgan fingerprint density at radius 1 is 1.56 bits per heavy atom. The van der Waals surface area contributed by atoms with E-state index in [4.69, 9.17) is 21.1 Å². The highest BCUT2D eigenvalue weighted by Crippen LogP contribution is 2.34. The zero-order valence-electron chi connectivity index (χ0n) is 9.46. The summed E-state index contributed by atoms with van der Waals surface area (Å²) in [6.07, 6.45) is 3.46. The first-order valence-electron chi connectivity index (χ1n) is 5.63. The predicted molar refractivity (Wildman–Crippen MR) is 61.5 cm³/mol. The quantitative estimate of drug-likeness (QED) is 0.826. The molecule has 0 saturated carbocycles. The second-order valence-corrected chi connectivity index (χ2v) is 4.20. The van der Waals surface area contributed by atoms with Gasteiger partial charge in [0.1, 0.15) is 11.4 Å². The Labute approximate surface area is 100 Å². The Morgan fingerprint density at radius 3 is 2.88 bits per heavy atom. The summed E-state index contributed by atoms with van der Waals surface area (Å²) < 4.78 is 11.3. The van der Waals surface area contributed by atoms with Crippen LogP contribution in [0.2, 0.25) is 0 Å². The lowest BCUT2D eigenvalue weighted by Gasteiger charge is -2.35. The van der Waals surface area contributed by atoms with Crippen LogP contribution in [0.5, 0.6) is 0 Å². The maximum atomic E-state index is 5.90. The smallest absolute Gasteiger partial charge is 0.138 e. The summed E-state index contributed by atoms with van der Waals surface area (Å²) in [7, 11) is 0. The average Bonchev–Trinajstić information content (AvgIpc) is 2.80. The Bertz CT molecular complexity index is 329. The van der Waals surface area contributed by atoms with E-state index in [1.807, 2.05) is 6.92 Å². The lowest BCUT2D eigenvalue weighted by Crippen LogP contribution is -2.37. The number of imidazole rings is 1. The van der Waals surface area contributed by atoms with E-state index in [0.29, 0.717) is 12.5 Å². The molecule has 1 saturated heterocycles. The van der Waals surface area contributed by atoms with Gasteiger partial charge in [0, 0.05) is 44.6 Å². The minimum atomic E-state index is -0.308. The van der Waals surface area contributed by atoms with E-state index in [0.717, 1.165) is 37.6 Å². The van der Waals surface area contributed by atoms with Crippen molar-refractivity contribution in [1.29, 1.82) is 0 Å². The van der Waals surface area contributed by atoms with Crippen LogP contribution in [0.15, 0.2) is 6.20 Å². The van der Waals surface area contributed by atoms with Crippen molar-refractivity contribution in [2.24, 2.45) is 0 Å². The molecule has 0 radical (unpaired) electrons. The molecule has 0 spiro atoms. The highest BCUT2D eigenvalue weighted by molar-refractivity contribution is 6.16. The molecule has 0 amide bonds. The summed E-state index contributed by atoms with van der Waals surface area (Å²) in [6.45, 7) is 4.12. The van der Waals surface area contributed by atoms with Crippen LogP contribution in [0.25, 0.3) is 0 Å². The lowest BCUT2D eigenvalue weighted by molar-refractivity contribution is -0.117. The number of rotatable bonds is 4. The molecular formula is C11H17ClN2O2. The third-order valence-corrected chi connectivity index (χ3v) is 3.21. The van der Waals surface area contributed by atoms with Crippen LogP contribution in [0.4, 0.5) is 0 Å². The Balaban J connectivity index is 2.23. The zero-order chi connectivity index (χ0) is 11.4. The van der Waals surface area contributed by atoms with Gasteiger partial charge in [0.2, 0.25) is 0 Å². The number of aromatic nitrogens is 2. The number of alkyl halides is 1. The van der Waals surface area contributed by atoms with Crippen LogP contribution < -0.4 is 0 Å². The number of hydrogen-bond acceptors (Lipinski definition) is 3. The van der Waals surface area contributed by atoms with Crippen molar-refractivity contribution in [2.45, 2.75) is 31.2 Å². The van der Waals surface area contributed by atoms with Gasteiger partial charge in [-0.15, -0.1) is 11.6 Å². The van der Waals surface area contributed by atoms with Gasteiger partial charge >= 0.3 is 0 Å². The number of nitrogens with zero attached hydrogens (tertiary/aromatic N) is 1. The molecule has 0 unspecified atom stereocenters. The number of ether oxygens (including phenoxy) is 2. The van der Waals surface area contributed by atoms with Crippen LogP contribution in [0.3, 0.4) is 0 Å². The standard InChI is InChI=1S/C11H17ClN2O2/c1-2-16-11(3-5-15-6-4-11)10-13-8-9(7-12)14-10/h8H,2-7H2,1H3,(H,13,14). The topological polar surface area (TPSA) is 47.1 Å². The van der Waals surface area contributed by atoms with E-state index in [9.17, 15) is 0 Å². The summed E-state index contributed by atoms with van der Waals surface area (Å²) in [4.78, 5) is 7.62. The minimum Gasteiger partial charge on any atom is -0.381 e. The van der Waals surface area contributed by atoms with Crippen molar-refractivity contribution in [2.75, 3.05) is 19.8 Å². The molecular weight excluding hydrogens is 228 g/mol. The summed E-state index contributed by atoms with van der Waals surface area (Å²) in [6, 6.07) is 0. The van der Waals surface area contributed by atoms with Crippen LogP contribution in [-0.2, 0) is 21.0 Å². The number of hydrogen-bond donors (Lipinski definition) is 1. The van der Waals surface area contributed by atoms with Gasteiger partial charge in [-0.3, -0.25) is 0 Å². The number of halogens is 1. The van der Waals surface area contributed by atoms with Crippen LogP contribution in [0.1, 0.15) is 31.3 Å². The Hall–Kier alpha value is -0.580. The molecule has 16 heavy (non-hydrogen) atoms. The molecule has 1 N–H and O–H groups in total. The summed E-state index contributed by atoms with van der Waals surface area (Å²) in [5, 5.41) is 0. The normalized spacial score (nSPS) is 19.9. The number of nitrogens with one attached hydrogen (secondary N) is 1. The second kappa shape index (κ2) is 5.17. The first-order valence-corrected chi connectivity index (χ1v) is 6.16. The fourth-order valence-electron chi connectivity index (χ4n) is 2.09. The van der Waals surface area contributed by atoms with Gasteiger partial charge in [0.05, 0.1) is 5.88 Å². The highest BCUT2D eigenvalue weighted by atomic mass is 35.5. The molecule has 2 heterocycles. The third-order valence-electron chi connectivity index (χ3n) is 2.93. The molecule has 1 aliphatic heterocycles. The van der Waals surface area contributed by atoms with Gasteiger partial charge in [-0.25, -0.2) is 4.98 Å². The van der Waals surface area contributed by atoms with E-state index in [1.165, 1.54) is 0 Å². The van der Waals surface area contributed by atoms with E-state index in [-0.39, 0.29) is 5.60 Å². The SMILES string of the molecule is CCOC1(c2ncc(CCl)[nH]2)CCOCC1. The van der Waals surface area contributed by atoms with Crippen molar-refractivity contribution < 1.29 is 9.47 Å². The summed E-state index contributed by atoms with van der Waals surface area (Å²) in [5.41, 5.74) is 0.624. The first kappa shape index (κ1) is 11.9. The van der Waals surface area contributed by atoms with Gasteiger partial charge < -0.3 is 14.5 Å². The summed E-state index contributed by atoms with van der Waals surface area (Å²) >= 11 is 5.76. The van der Waals surface area contributed by atoms with Gasteiger partial charge in [-0.2, -0.15) is 0 Å². The van der Waals surface area contributed by atoms with Gasteiger partial charge in [0.25, 0.3) is 0 Å². The number of H-pyrrole nitrogens is 1. The van der Waals surface area contributed by atoms with E-state index in [1.54, 1.807) is 6.20 Å². The van der Waals surface area contributed by atoms with Crippen molar-refractivity contribution in [3.05, 3.63) is 17.7 Å². The van der Waals surface area contributed by atoms with Gasteiger partial charge in [-0.1, -0.05) is 0 Å². The summed E-state index contributed by atoms with van der Waals surface area (Å²) in [5.74, 6) is 1.33. The minimum absolute atomic E-state index is 0.308. The molecule has 4 nitrogen and oxygen atoms in total. The Kier molecular flexibility index (Phi) is 3.84. The van der Waals surface area contributed by atoms with Crippen LogP contribution >= 0.6 is 11.6 Å². The zero-order valence-corrected chi connectivity index (χ0v) is 10.2. The average molecular weight is 245 g/mol. The first-order chi connectivity index (χ1) is 7.80. The monoisotopic (exact) mass is 244 g/mol. The molecule has 1 aliphatic rings. The van der Waals surface area contributed by atoms with Crippen molar-refractivity contribution in [3.8, 4) is 0 Å². The largest absolute Gasteiger partial charge is 0.381 e. The predicted octanol–water partition coefficient (Wildman–Crippen LogP) is 2.19.